The zero-order valence-electron chi connectivity index (χ0n) is 11.5. The van der Waals surface area contributed by atoms with Gasteiger partial charge in [0.1, 0.15) is 0 Å². The zero-order valence-corrected chi connectivity index (χ0v) is 13.5. The van der Waals surface area contributed by atoms with Crippen LogP contribution in [0.3, 0.4) is 0 Å². The summed E-state index contributed by atoms with van der Waals surface area (Å²) in [7, 11) is 0. The molecule has 0 unspecified atom stereocenters. The second-order valence-corrected chi connectivity index (χ2v) is 4.33. The van der Waals surface area contributed by atoms with E-state index in [0.717, 1.165) is 0 Å². The number of carbonyl (C=O) groups is 2. The average Bonchev–Trinajstić information content (AvgIpc) is 2.76. The Bertz CT molecular complexity index is 592. The first-order chi connectivity index (χ1) is 9.23. The van der Waals surface area contributed by atoms with Crippen LogP contribution in [0.1, 0.15) is 11.1 Å². The van der Waals surface area contributed by atoms with Gasteiger partial charge in [-0.2, -0.15) is 0 Å². The van der Waals surface area contributed by atoms with E-state index in [1.165, 1.54) is 0 Å². The molecule has 1 aliphatic heterocycles. The molecular weight excluding hydrogens is 279 g/mol. The fourth-order valence-corrected chi connectivity index (χ4v) is 2.35. The van der Waals surface area contributed by atoms with Gasteiger partial charge in [-0.15, -0.1) is 0 Å². The average molecular weight is 292 g/mol. The SMILES string of the molecule is O.O=C1[N-]C(=O)C(c2ccccc2)(c2ccccc2)N1.[Na+]. The molecule has 6 heteroatoms. The third kappa shape index (κ3) is 2.87. The van der Waals surface area contributed by atoms with Crippen molar-refractivity contribution >= 4 is 11.9 Å². The van der Waals surface area contributed by atoms with E-state index in [1.807, 2.05) is 60.7 Å². The molecule has 0 radical (unpaired) electrons. The molecule has 102 valence electrons. The van der Waals surface area contributed by atoms with Crippen molar-refractivity contribution in [3.05, 3.63) is 77.1 Å². The molecule has 1 heterocycles. The smallest absolute Gasteiger partial charge is 0.430 e. The standard InChI is InChI=1S/C15H12N2O2.Na.H2O/c18-13-15(17-14(19)16-13,11-7-3-1-4-8-11)12-9-5-2-6-10-12;;/h1-10H,(H2,16,17,18,19);;1H2/q;+1;/p-1. The van der Waals surface area contributed by atoms with E-state index in [1.54, 1.807) is 0 Å². The number of urea groups is 1. The third-order valence-corrected chi connectivity index (χ3v) is 3.23. The number of hydrogen-bond donors (Lipinski definition) is 1. The van der Waals surface area contributed by atoms with Crippen molar-refractivity contribution in [2.24, 2.45) is 0 Å². The van der Waals surface area contributed by atoms with E-state index in [0.29, 0.717) is 11.1 Å². The molecule has 1 aliphatic rings. The Kier molecular flexibility index (Phi) is 5.69. The second-order valence-electron chi connectivity index (χ2n) is 4.33. The first-order valence-electron chi connectivity index (χ1n) is 5.93. The summed E-state index contributed by atoms with van der Waals surface area (Å²) in [5.74, 6) is -0.477. The summed E-state index contributed by atoms with van der Waals surface area (Å²) in [6.07, 6.45) is 0. The van der Waals surface area contributed by atoms with Crippen molar-refractivity contribution in [2.75, 3.05) is 0 Å². The first kappa shape index (κ1) is 17.4. The van der Waals surface area contributed by atoms with E-state index >= 15 is 0 Å². The molecule has 1 saturated heterocycles. The van der Waals surface area contributed by atoms with Crippen LogP contribution >= 0.6 is 0 Å². The van der Waals surface area contributed by atoms with Crippen LogP contribution in [0.2, 0.25) is 0 Å². The first-order valence-corrected chi connectivity index (χ1v) is 5.93. The number of rotatable bonds is 2. The quantitative estimate of drug-likeness (QED) is 0.552. The maximum Gasteiger partial charge on any atom is 1.00 e. The molecule has 0 aliphatic carbocycles. The van der Waals surface area contributed by atoms with Crippen LogP contribution in [0.15, 0.2) is 60.7 Å². The minimum atomic E-state index is -1.19. The van der Waals surface area contributed by atoms with Gasteiger partial charge in [-0.25, -0.2) is 0 Å². The molecule has 3 amide bonds. The van der Waals surface area contributed by atoms with Gasteiger partial charge in [0.15, 0.2) is 11.9 Å². The fourth-order valence-electron chi connectivity index (χ4n) is 2.35. The van der Waals surface area contributed by atoms with Crippen molar-refractivity contribution in [2.45, 2.75) is 5.54 Å². The summed E-state index contributed by atoms with van der Waals surface area (Å²) < 4.78 is 0. The van der Waals surface area contributed by atoms with Crippen molar-refractivity contribution in [1.82, 2.24) is 5.32 Å². The molecule has 3 rings (SSSR count). The number of hydrogen-bond acceptors (Lipinski definition) is 2. The van der Waals surface area contributed by atoms with Gasteiger partial charge in [0.05, 0.1) is 5.54 Å². The Hall–Kier alpha value is -1.66. The minimum absolute atomic E-state index is 0. The molecule has 0 aromatic heterocycles. The van der Waals surface area contributed by atoms with E-state index in [9.17, 15) is 9.59 Å². The number of nitrogens with zero attached hydrogens (tertiary/aromatic N) is 1. The Morgan fingerprint density at radius 1 is 0.810 bits per heavy atom. The van der Waals surface area contributed by atoms with Crippen LogP contribution in [0.4, 0.5) is 4.79 Å². The van der Waals surface area contributed by atoms with Gasteiger partial charge in [0.25, 0.3) is 0 Å². The number of imide groups is 1. The van der Waals surface area contributed by atoms with E-state index in [4.69, 9.17) is 0 Å². The molecule has 0 atom stereocenters. The molecular formula is C15H13N2NaO3. The molecule has 0 spiro atoms. The summed E-state index contributed by atoms with van der Waals surface area (Å²) in [6.45, 7) is 0. The second kappa shape index (κ2) is 6.87. The summed E-state index contributed by atoms with van der Waals surface area (Å²) >= 11 is 0. The number of amides is 3. The van der Waals surface area contributed by atoms with E-state index in [-0.39, 0.29) is 35.0 Å². The number of nitrogens with one attached hydrogen (secondary N) is 1. The van der Waals surface area contributed by atoms with Crippen LogP contribution in [0.25, 0.3) is 5.32 Å². The monoisotopic (exact) mass is 292 g/mol. The van der Waals surface area contributed by atoms with Gasteiger partial charge in [0.2, 0.25) is 0 Å². The van der Waals surface area contributed by atoms with Gasteiger partial charge in [-0.3, -0.25) is 9.59 Å². The van der Waals surface area contributed by atoms with Crippen LogP contribution < -0.4 is 34.9 Å². The van der Waals surface area contributed by atoms with Gasteiger partial charge >= 0.3 is 29.6 Å². The molecule has 3 N–H and O–H groups in total. The Morgan fingerprint density at radius 3 is 1.57 bits per heavy atom. The molecule has 21 heavy (non-hydrogen) atoms. The van der Waals surface area contributed by atoms with Gasteiger partial charge in [0, 0.05) is 0 Å². The van der Waals surface area contributed by atoms with Gasteiger partial charge in [-0.1, -0.05) is 60.7 Å². The summed E-state index contributed by atoms with van der Waals surface area (Å²) in [6, 6.07) is 17.7. The Morgan fingerprint density at radius 2 is 1.24 bits per heavy atom. The van der Waals surface area contributed by atoms with Gasteiger partial charge in [-0.05, 0) is 11.1 Å². The fraction of sp³-hybridized carbons (Fsp3) is 0.0667. The number of benzene rings is 2. The predicted molar refractivity (Wildman–Crippen MR) is 74.2 cm³/mol. The normalized spacial score (nSPS) is 15.2. The van der Waals surface area contributed by atoms with Gasteiger partial charge < -0.3 is 16.1 Å². The Balaban J connectivity index is 0.00000110. The minimum Gasteiger partial charge on any atom is -0.430 e. The summed E-state index contributed by atoms with van der Waals surface area (Å²) in [5.41, 5.74) is 0.223. The predicted octanol–water partition coefficient (Wildman–Crippen LogP) is -1.27. The van der Waals surface area contributed by atoms with Crippen molar-refractivity contribution < 1.29 is 44.6 Å². The van der Waals surface area contributed by atoms with Crippen molar-refractivity contribution in [1.29, 1.82) is 0 Å². The Labute approximate surface area is 144 Å². The van der Waals surface area contributed by atoms with Crippen molar-refractivity contribution in [3.8, 4) is 0 Å². The molecule has 1 fully saturated rings. The summed E-state index contributed by atoms with van der Waals surface area (Å²) in [4.78, 5) is 23.8. The van der Waals surface area contributed by atoms with E-state index < -0.39 is 17.5 Å². The maximum atomic E-state index is 12.3. The zero-order chi connectivity index (χ0) is 13.3. The van der Waals surface area contributed by atoms with Crippen LogP contribution in [0, 0.1) is 0 Å². The van der Waals surface area contributed by atoms with Crippen LogP contribution in [-0.2, 0) is 10.3 Å². The van der Waals surface area contributed by atoms with Crippen LogP contribution in [-0.4, -0.2) is 17.4 Å². The molecule has 2 aromatic rings. The maximum absolute atomic E-state index is 12.3. The topological polar surface area (TPSA) is 91.8 Å². The third-order valence-electron chi connectivity index (χ3n) is 3.23. The molecule has 5 nitrogen and oxygen atoms in total. The largest absolute Gasteiger partial charge is 1.00 e. The molecule has 2 aromatic carbocycles. The van der Waals surface area contributed by atoms with Crippen LogP contribution in [0.5, 0.6) is 0 Å². The van der Waals surface area contributed by atoms with E-state index in [2.05, 4.69) is 10.6 Å². The molecule has 0 bridgehead atoms. The van der Waals surface area contributed by atoms with Crippen molar-refractivity contribution in [3.63, 3.8) is 0 Å². The summed E-state index contributed by atoms with van der Waals surface area (Å²) in [5, 5.41) is 6.20. The number of carbonyl (C=O) groups excluding carboxylic acids is 2. The molecule has 0 saturated carbocycles.